The second-order valence-corrected chi connectivity index (χ2v) is 10.9. The van der Waals surface area contributed by atoms with Crippen LogP contribution in [0.5, 0.6) is 0 Å². The molecule has 40 heavy (non-hydrogen) atoms. The van der Waals surface area contributed by atoms with E-state index in [9.17, 15) is 0 Å². The number of aromatic nitrogens is 1. The molecule has 3 heteroatoms. The first-order valence-corrected chi connectivity index (χ1v) is 14.0. The Hall–Kier alpha value is -5.02. The van der Waals surface area contributed by atoms with E-state index in [2.05, 4.69) is 149 Å². The van der Waals surface area contributed by atoms with Crippen LogP contribution in [0.1, 0.15) is 11.1 Å². The summed E-state index contributed by atoms with van der Waals surface area (Å²) in [4.78, 5) is 2.37. The Morgan fingerprint density at radius 1 is 0.525 bits per heavy atom. The van der Waals surface area contributed by atoms with Gasteiger partial charge in [-0.25, -0.2) is 0 Å². The van der Waals surface area contributed by atoms with Crippen LogP contribution >= 0.6 is 0 Å². The minimum atomic E-state index is 0.198. The van der Waals surface area contributed by atoms with Crippen LogP contribution in [0.2, 0.25) is 0 Å². The van der Waals surface area contributed by atoms with Gasteiger partial charge in [0, 0.05) is 39.0 Å². The summed E-state index contributed by atoms with van der Waals surface area (Å²) >= 11 is 0. The van der Waals surface area contributed by atoms with E-state index in [-0.39, 0.29) is 6.71 Å². The van der Waals surface area contributed by atoms with Crippen molar-refractivity contribution in [2.45, 2.75) is 6.42 Å². The molecule has 0 spiro atoms. The molecule has 0 radical (unpaired) electrons. The summed E-state index contributed by atoms with van der Waals surface area (Å²) in [6.45, 7) is 0.198. The van der Waals surface area contributed by atoms with Crippen molar-refractivity contribution in [1.82, 2.24) is 4.57 Å². The van der Waals surface area contributed by atoms with Gasteiger partial charge in [-0.3, -0.25) is 0 Å². The number of anilines is 3. The summed E-state index contributed by atoms with van der Waals surface area (Å²) in [5, 5.41) is 2.67. The van der Waals surface area contributed by atoms with E-state index in [0.717, 1.165) is 17.8 Å². The van der Waals surface area contributed by atoms with E-state index in [1.807, 2.05) is 0 Å². The van der Waals surface area contributed by atoms with Gasteiger partial charge in [-0.05, 0) is 77.0 Å². The highest BCUT2D eigenvalue weighted by atomic mass is 15.1. The molecule has 0 saturated carbocycles. The van der Waals surface area contributed by atoms with Crippen molar-refractivity contribution in [3.8, 4) is 5.69 Å². The highest BCUT2D eigenvalue weighted by Crippen LogP contribution is 2.38. The predicted molar refractivity (Wildman–Crippen MR) is 169 cm³/mol. The molecule has 1 aromatic heterocycles. The number of hydrogen-bond donors (Lipinski definition) is 0. The maximum absolute atomic E-state index is 2.53. The molecule has 0 unspecified atom stereocenters. The maximum Gasteiger partial charge on any atom is 0.247 e. The lowest BCUT2D eigenvalue weighted by atomic mass is 9.32. The Kier molecular flexibility index (Phi) is 4.51. The van der Waals surface area contributed by atoms with Gasteiger partial charge in [0.1, 0.15) is 0 Å². The topological polar surface area (TPSA) is 8.17 Å². The van der Waals surface area contributed by atoms with Crippen LogP contribution < -0.4 is 21.3 Å². The average Bonchev–Trinajstić information content (AvgIpc) is 3.36. The molecule has 0 N–H and O–H groups in total. The number of rotatable bonds is 3. The number of fused-ring (bicyclic) bond motifs is 8. The van der Waals surface area contributed by atoms with Gasteiger partial charge < -0.3 is 9.47 Å². The molecule has 2 nitrogen and oxygen atoms in total. The second-order valence-electron chi connectivity index (χ2n) is 10.9. The van der Waals surface area contributed by atoms with Crippen molar-refractivity contribution < 1.29 is 0 Å². The highest BCUT2D eigenvalue weighted by Gasteiger charge is 2.39. The second kappa shape index (κ2) is 8.24. The SMILES string of the molecule is c1ccc(N(c2ccccc2)c2ccc3c(c2)B2c4ccccc4Cc4ccc5c6ccccc6n-3c5c42)cc1. The van der Waals surface area contributed by atoms with Crippen LogP contribution in [-0.2, 0) is 6.42 Å². The lowest BCUT2D eigenvalue weighted by Gasteiger charge is -2.34. The Morgan fingerprint density at radius 3 is 2.02 bits per heavy atom. The van der Waals surface area contributed by atoms with E-state index in [1.165, 1.54) is 60.7 Å². The third-order valence-corrected chi connectivity index (χ3v) is 8.85. The van der Waals surface area contributed by atoms with Gasteiger partial charge in [-0.2, -0.15) is 0 Å². The van der Waals surface area contributed by atoms with Gasteiger partial charge >= 0.3 is 0 Å². The van der Waals surface area contributed by atoms with Gasteiger partial charge in [0.15, 0.2) is 0 Å². The first-order chi connectivity index (χ1) is 19.9. The molecule has 2 aliphatic heterocycles. The quantitative estimate of drug-likeness (QED) is 0.234. The molecule has 7 aromatic rings. The number of hydrogen-bond acceptors (Lipinski definition) is 1. The molecular weight excluding hydrogens is 483 g/mol. The zero-order valence-electron chi connectivity index (χ0n) is 22.0. The third-order valence-electron chi connectivity index (χ3n) is 8.85. The molecule has 0 amide bonds. The fraction of sp³-hybridized carbons (Fsp3) is 0.0270. The van der Waals surface area contributed by atoms with Crippen molar-refractivity contribution in [3.05, 3.63) is 151 Å². The van der Waals surface area contributed by atoms with Crippen molar-refractivity contribution in [3.63, 3.8) is 0 Å². The summed E-state index contributed by atoms with van der Waals surface area (Å²) in [5.41, 5.74) is 14.6. The van der Waals surface area contributed by atoms with Crippen molar-refractivity contribution in [1.29, 1.82) is 0 Å². The van der Waals surface area contributed by atoms with E-state index in [1.54, 1.807) is 0 Å². The first kappa shape index (κ1) is 21.9. The largest absolute Gasteiger partial charge is 0.311 e. The fourth-order valence-corrected chi connectivity index (χ4v) is 7.23. The lowest BCUT2D eigenvalue weighted by Crippen LogP contribution is -2.60. The summed E-state index contributed by atoms with van der Waals surface area (Å²) in [5.74, 6) is 0. The van der Waals surface area contributed by atoms with Crippen LogP contribution in [0.25, 0.3) is 27.5 Å². The molecule has 6 aromatic carbocycles. The highest BCUT2D eigenvalue weighted by molar-refractivity contribution is 6.99. The van der Waals surface area contributed by atoms with Crippen LogP contribution in [0.4, 0.5) is 17.1 Å². The Morgan fingerprint density at radius 2 is 1.23 bits per heavy atom. The molecule has 0 atom stereocenters. The Labute approximate surface area is 233 Å². The zero-order chi connectivity index (χ0) is 26.2. The summed E-state index contributed by atoms with van der Waals surface area (Å²) in [6, 6.07) is 51.2. The standard InChI is InChI=1S/C37H25BN2/c1-3-12-27(13-4-1)39(28-14-5-2-6-15-28)29-20-22-35-33(24-29)38-32-17-9-7-11-25(32)23-26-19-21-31-30-16-8-10-18-34(30)40(35)37(31)36(26)38/h1-22,24H,23H2. The summed E-state index contributed by atoms with van der Waals surface area (Å²) < 4.78 is 2.53. The molecule has 3 heterocycles. The van der Waals surface area contributed by atoms with Crippen LogP contribution in [0, 0.1) is 0 Å². The van der Waals surface area contributed by atoms with Gasteiger partial charge in [0.25, 0.3) is 0 Å². The van der Waals surface area contributed by atoms with Crippen LogP contribution in [0.3, 0.4) is 0 Å². The smallest absolute Gasteiger partial charge is 0.247 e. The monoisotopic (exact) mass is 508 g/mol. The molecule has 0 fully saturated rings. The molecule has 0 saturated heterocycles. The Bertz CT molecular complexity index is 2050. The molecule has 2 aliphatic rings. The minimum absolute atomic E-state index is 0.198. The van der Waals surface area contributed by atoms with Crippen LogP contribution in [0.15, 0.2) is 140 Å². The number of para-hydroxylation sites is 3. The fourth-order valence-electron chi connectivity index (χ4n) is 7.23. The van der Waals surface area contributed by atoms with Gasteiger partial charge in [0.2, 0.25) is 6.71 Å². The van der Waals surface area contributed by atoms with E-state index < -0.39 is 0 Å². The first-order valence-electron chi connectivity index (χ1n) is 14.0. The van der Waals surface area contributed by atoms with Crippen LogP contribution in [-0.4, -0.2) is 11.3 Å². The summed E-state index contributed by atoms with van der Waals surface area (Å²) in [6.07, 6.45) is 0.981. The normalized spacial score (nSPS) is 12.8. The average molecular weight is 508 g/mol. The van der Waals surface area contributed by atoms with E-state index in [4.69, 9.17) is 0 Å². The minimum Gasteiger partial charge on any atom is -0.311 e. The van der Waals surface area contributed by atoms with Gasteiger partial charge in [-0.1, -0.05) is 96.5 Å². The summed E-state index contributed by atoms with van der Waals surface area (Å²) in [7, 11) is 0. The maximum atomic E-state index is 2.53. The molecule has 186 valence electrons. The number of benzene rings is 6. The van der Waals surface area contributed by atoms with Crippen molar-refractivity contribution in [2.75, 3.05) is 4.90 Å². The molecular formula is C37H25BN2. The van der Waals surface area contributed by atoms with Gasteiger partial charge in [-0.15, -0.1) is 0 Å². The van der Waals surface area contributed by atoms with Crippen molar-refractivity contribution in [2.24, 2.45) is 0 Å². The zero-order valence-corrected chi connectivity index (χ0v) is 22.0. The molecule has 0 aliphatic carbocycles. The van der Waals surface area contributed by atoms with E-state index in [0.29, 0.717) is 0 Å². The van der Waals surface area contributed by atoms with E-state index >= 15 is 0 Å². The molecule has 0 bridgehead atoms. The lowest BCUT2D eigenvalue weighted by molar-refractivity contribution is 1.16. The Balaban J connectivity index is 1.38. The third kappa shape index (κ3) is 2.95. The number of nitrogens with zero attached hydrogens (tertiary/aromatic N) is 2. The van der Waals surface area contributed by atoms with Crippen molar-refractivity contribution >= 4 is 62.0 Å². The van der Waals surface area contributed by atoms with Gasteiger partial charge in [0.05, 0.1) is 5.52 Å². The predicted octanol–water partition coefficient (Wildman–Crippen LogP) is 6.99. The molecule has 9 rings (SSSR count).